The molecule has 2 aromatic heterocycles. The number of carbonyl (C=O) groups excluding carboxylic acids is 1. The first-order valence-electron chi connectivity index (χ1n) is 9.38. The lowest BCUT2D eigenvalue weighted by Gasteiger charge is -2.09. The Morgan fingerprint density at radius 3 is 2.75 bits per heavy atom. The maximum Gasteiger partial charge on any atom is 0.254 e. The van der Waals surface area contributed by atoms with E-state index in [2.05, 4.69) is 27.5 Å². The van der Waals surface area contributed by atoms with Gasteiger partial charge in [-0.3, -0.25) is 9.63 Å². The molecule has 0 saturated heterocycles. The SMILES string of the molecule is CCCCc1c(C)nc2nc(SCC(=O)NOCc3ccccc3)nn2c1C. The average Bonchev–Trinajstić information content (AvgIpc) is 3.10. The summed E-state index contributed by atoms with van der Waals surface area (Å²) < 4.78 is 1.77. The molecule has 0 saturated carbocycles. The lowest BCUT2D eigenvalue weighted by Crippen LogP contribution is -2.25. The highest BCUT2D eigenvalue weighted by Crippen LogP contribution is 2.19. The van der Waals surface area contributed by atoms with Crippen molar-refractivity contribution in [3.8, 4) is 0 Å². The highest BCUT2D eigenvalue weighted by molar-refractivity contribution is 7.99. The number of benzene rings is 1. The molecule has 148 valence electrons. The highest BCUT2D eigenvalue weighted by Gasteiger charge is 2.14. The fraction of sp³-hybridized carbons (Fsp3) is 0.400. The fourth-order valence-corrected chi connectivity index (χ4v) is 3.50. The van der Waals surface area contributed by atoms with E-state index in [1.807, 2.05) is 44.2 Å². The molecule has 0 radical (unpaired) electrons. The number of hydrogen-bond donors (Lipinski definition) is 1. The molecule has 28 heavy (non-hydrogen) atoms. The molecular formula is C20H25N5O2S. The molecule has 8 heteroatoms. The lowest BCUT2D eigenvalue weighted by atomic mass is 10.1. The van der Waals surface area contributed by atoms with Crippen molar-refractivity contribution in [2.45, 2.75) is 51.8 Å². The zero-order valence-corrected chi connectivity index (χ0v) is 17.3. The van der Waals surface area contributed by atoms with Crippen molar-refractivity contribution >= 4 is 23.4 Å². The minimum absolute atomic E-state index is 0.173. The molecule has 7 nitrogen and oxygen atoms in total. The van der Waals surface area contributed by atoms with Gasteiger partial charge in [0.1, 0.15) is 0 Å². The Morgan fingerprint density at radius 2 is 2.00 bits per heavy atom. The molecule has 0 aliphatic carbocycles. The molecule has 0 aliphatic heterocycles. The van der Waals surface area contributed by atoms with Crippen LogP contribution in [0, 0.1) is 13.8 Å². The van der Waals surface area contributed by atoms with Gasteiger partial charge in [0, 0.05) is 11.4 Å². The third-order valence-electron chi connectivity index (χ3n) is 4.41. The molecular weight excluding hydrogens is 374 g/mol. The molecule has 3 aromatic rings. The largest absolute Gasteiger partial charge is 0.272 e. The van der Waals surface area contributed by atoms with Gasteiger partial charge in [-0.25, -0.2) is 15.0 Å². The van der Waals surface area contributed by atoms with Crippen LogP contribution in [-0.4, -0.2) is 31.2 Å². The van der Waals surface area contributed by atoms with Gasteiger partial charge >= 0.3 is 0 Å². The van der Waals surface area contributed by atoms with E-state index in [0.29, 0.717) is 17.5 Å². The molecule has 3 rings (SSSR count). The maximum absolute atomic E-state index is 12.0. The molecule has 0 aliphatic rings. The van der Waals surface area contributed by atoms with Crippen LogP contribution in [0.2, 0.25) is 0 Å². The molecule has 0 fully saturated rings. The molecule has 1 N–H and O–H groups in total. The first kappa shape index (κ1) is 20.3. The second-order valence-corrected chi connectivity index (χ2v) is 7.50. The summed E-state index contributed by atoms with van der Waals surface area (Å²) in [5, 5.41) is 5.04. The van der Waals surface area contributed by atoms with E-state index >= 15 is 0 Å². The summed E-state index contributed by atoms with van der Waals surface area (Å²) >= 11 is 1.26. The van der Waals surface area contributed by atoms with Gasteiger partial charge in [0.25, 0.3) is 11.7 Å². The first-order chi connectivity index (χ1) is 13.6. The minimum atomic E-state index is -0.232. The van der Waals surface area contributed by atoms with Crippen molar-refractivity contribution in [3.05, 3.63) is 52.8 Å². The normalized spacial score (nSPS) is 11.1. The van der Waals surface area contributed by atoms with Crippen LogP contribution in [0.1, 0.15) is 42.3 Å². The van der Waals surface area contributed by atoms with E-state index in [0.717, 1.165) is 36.2 Å². The molecule has 2 heterocycles. The van der Waals surface area contributed by atoms with Gasteiger partial charge in [0.15, 0.2) is 0 Å². The Bertz CT molecular complexity index is 943. The molecule has 0 unspecified atom stereocenters. The number of carbonyl (C=O) groups is 1. The van der Waals surface area contributed by atoms with Crippen molar-refractivity contribution < 1.29 is 9.63 Å². The molecule has 0 spiro atoms. The monoisotopic (exact) mass is 399 g/mol. The zero-order valence-electron chi connectivity index (χ0n) is 16.4. The maximum atomic E-state index is 12.0. The molecule has 1 amide bonds. The lowest BCUT2D eigenvalue weighted by molar-refractivity contribution is -0.131. The van der Waals surface area contributed by atoms with E-state index in [1.54, 1.807) is 4.52 Å². The van der Waals surface area contributed by atoms with Crippen LogP contribution in [0.5, 0.6) is 0 Å². The summed E-state index contributed by atoms with van der Waals surface area (Å²) in [4.78, 5) is 26.2. The average molecular weight is 400 g/mol. The minimum Gasteiger partial charge on any atom is -0.272 e. The zero-order chi connectivity index (χ0) is 19.9. The summed E-state index contributed by atoms with van der Waals surface area (Å²) in [5.41, 5.74) is 6.72. The number of unbranched alkanes of at least 4 members (excludes halogenated alkanes) is 1. The molecule has 0 bridgehead atoms. The van der Waals surface area contributed by atoms with Gasteiger partial charge in [-0.2, -0.15) is 4.98 Å². The quantitative estimate of drug-likeness (QED) is 0.439. The Kier molecular flexibility index (Phi) is 7.00. The van der Waals surface area contributed by atoms with Crippen LogP contribution < -0.4 is 5.48 Å². The van der Waals surface area contributed by atoms with Gasteiger partial charge in [0.2, 0.25) is 5.16 Å². The number of amides is 1. The van der Waals surface area contributed by atoms with Gasteiger partial charge in [-0.1, -0.05) is 55.4 Å². The van der Waals surface area contributed by atoms with E-state index in [4.69, 9.17) is 4.84 Å². The third-order valence-corrected chi connectivity index (χ3v) is 5.25. The number of fused-ring (bicyclic) bond motifs is 1. The summed E-state index contributed by atoms with van der Waals surface area (Å²) in [6.45, 7) is 6.55. The predicted octanol–water partition coefficient (Wildman–Crippen LogP) is 3.42. The van der Waals surface area contributed by atoms with E-state index < -0.39 is 0 Å². The highest BCUT2D eigenvalue weighted by atomic mass is 32.2. The summed E-state index contributed by atoms with van der Waals surface area (Å²) in [6.07, 6.45) is 3.24. The second-order valence-electron chi connectivity index (χ2n) is 6.56. The van der Waals surface area contributed by atoms with E-state index in [9.17, 15) is 4.79 Å². The Balaban J connectivity index is 1.56. The summed E-state index contributed by atoms with van der Waals surface area (Å²) in [5.74, 6) is 0.509. The van der Waals surface area contributed by atoms with Gasteiger partial charge in [0.05, 0.1) is 12.4 Å². The number of nitrogens with one attached hydrogen (secondary N) is 1. The smallest absolute Gasteiger partial charge is 0.254 e. The molecule has 1 aromatic carbocycles. The number of rotatable bonds is 9. The van der Waals surface area contributed by atoms with Crippen LogP contribution in [0.15, 0.2) is 35.5 Å². The number of aryl methyl sites for hydroxylation is 2. The summed E-state index contributed by atoms with van der Waals surface area (Å²) in [6, 6.07) is 9.67. The van der Waals surface area contributed by atoms with Crippen molar-refractivity contribution in [2.24, 2.45) is 0 Å². The Morgan fingerprint density at radius 1 is 1.21 bits per heavy atom. The summed E-state index contributed by atoms with van der Waals surface area (Å²) in [7, 11) is 0. The van der Waals surface area contributed by atoms with Crippen molar-refractivity contribution in [1.82, 2.24) is 25.1 Å². The standard InChI is InChI=1S/C20H25N5O2S/c1-4-5-11-17-14(2)21-19-22-20(23-25(19)15(17)3)28-13-18(26)24-27-12-16-9-7-6-8-10-16/h6-10H,4-5,11-13H2,1-3H3,(H,24,26). The predicted molar refractivity (Wildman–Crippen MR) is 109 cm³/mol. The number of aromatic nitrogens is 4. The van der Waals surface area contributed by atoms with Gasteiger partial charge in [-0.15, -0.1) is 5.10 Å². The Labute approximate surface area is 168 Å². The number of hydroxylamine groups is 1. The Hall–Kier alpha value is -2.45. The molecule has 0 atom stereocenters. The van der Waals surface area contributed by atoms with Crippen LogP contribution in [0.25, 0.3) is 5.78 Å². The van der Waals surface area contributed by atoms with Crippen molar-refractivity contribution in [1.29, 1.82) is 0 Å². The fourth-order valence-electron chi connectivity index (χ4n) is 2.90. The number of thioether (sulfide) groups is 1. The van der Waals surface area contributed by atoms with Gasteiger partial charge < -0.3 is 0 Å². The topological polar surface area (TPSA) is 81.4 Å². The van der Waals surface area contributed by atoms with Crippen LogP contribution in [0.4, 0.5) is 0 Å². The van der Waals surface area contributed by atoms with E-state index in [1.165, 1.54) is 17.3 Å². The first-order valence-corrected chi connectivity index (χ1v) is 10.4. The third kappa shape index (κ3) is 5.08. The number of hydrogen-bond acceptors (Lipinski definition) is 6. The number of nitrogens with zero attached hydrogens (tertiary/aromatic N) is 4. The van der Waals surface area contributed by atoms with Crippen LogP contribution in [-0.2, 0) is 22.7 Å². The van der Waals surface area contributed by atoms with Gasteiger partial charge in [-0.05, 0) is 37.8 Å². The van der Waals surface area contributed by atoms with Crippen molar-refractivity contribution in [3.63, 3.8) is 0 Å². The van der Waals surface area contributed by atoms with Crippen molar-refractivity contribution in [2.75, 3.05) is 5.75 Å². The van der Waals surface area contributed by atoms with Crippen LogP contribution >= 0.6 is 11.8 Å². The van der Waals surface area contributed by atoms with Crippen LogP contribution in [0.3, 0.4) is 0 Å². The second kappa shape index (κ2) is 9.66. The van der Waals surface area contributed by atoms with E-state index in [-0.39, 0.29) is 11.7 Å².